The molecular formula is C21H21N3O3S. The molecule has 7 heteroatoms. The number of anilines is 1. The van der Waals surface area contributed by atoms with Crippen LogP contribution in [0, 0.1) is 13.8 Å². The van der Waals surface area contributed by atoms with Crippen LogP contribution in [0.25, 0.3) is 0 Å². The lowest BCUT2D eigenvalue weighted by Crippen LogP contribution is -2.23. The van der Waals surface area contributed by atoms with Crippen LogP contribution in [-0.4, -0.2) is 19.3 Å². The van der Waals surface area contributed by atoms with Gasteiger partial charge in [-0.3, -0.25) is 9.78 Å². The van der Waals surface area contributed by atoms with Gasteiger partial charge in [-0.2, -0.15) is 0 Å². The molecule has 0 bridgehead atoms. The predicted octanol–water partition coefficient (Wildman–Crippen LogP) is 3.43. The molecule has 1 amide bonds. The van der Waals surface area contributed by atoms with Gasteiger partial charge in [-0.15, -0.1) is 0 Å². The summed E-state index contributed by atoms with van der Waals surface area (Å²) in [5, 5.41) is 2.82. The second kappa shape index (κ2) is 8.33. The van der Waals surface area contributed by atoms with E-state index < -0.39 is 10.0 Å². The van der Waals surface area contributed by atoms with Crippen LogP contribution in [0.3, 0.4) is 0 Å². The SMILES string of the molecule is Cc1ccc(NC(=O)c2ccc(S(=O)(=O)NCc3ccccn3)cc2)cc1C. The van der Waals surface area contributed by atoms with Crippen molar-refractivity contribution in [2.45, 2.75) is 25.3 Å². The van der Waals surface area contributed by atoms with Crippen LogP contribution in [0.15, 0.2) is 71.8 Å². The molecule has 0 aliphatic heterocycles. The number of rotatable bonds is 6. The molecule has 0 aliphatic carbocycles. The maximum atomic E-state index is 12.4. The lowest BCUT2D eigenvalue weighted by Gasteiger charge is -2.09. The van der Waals surface area contributed by atoms with Gasteiger partial charge in [-0.1, -0.05) is 12.1 Å². The van der Waals surface area contributed by atoms with E-state index in [1.165, 1.54) is 24.3 Å². The first-order valence-corrected chi connectivity index (χ1v) is 10.2. The number of aryl methyl sites for hydroxylation is 2. The second-order valence-corrected chi connectivity index (χ2v) is 8.19. The van der Waals surface area contributed by atoms with E-state index in [2.05, 4.69) is 15.0 Å². The van der Waals surface area contributed by atoms with Crippen molar-refractivity contribution in [2.24, 2.45) is 0 Å². The van der Waals surface area contributed by atoms with E-state index in [1.54, 1.807) is 24.4 Å². The fourth-order valence-corrected chi connectivity index (χ4v) is 3.56. The van der Waals surface area contributed by atoms with Crippen LogP contribution in [0.5, 0.6) is 0 Å². The second-order valence-electron chi connectivity index (χ2n) is 6.42. The average Bonchev–Trinajstić information content (AvgIpc) is 2.70. The molecular weight excluding hydrogens is 374 g/mol. The molecule has 3 rings (SSSR count). The molecule has 0 aliphatic rings. The molecule has 3 aromatic rings. The Morgan fingerprint density at radius 1 is 0.964 bits per heavy atom. The number of nitrogens with zero attached hydrogens (tertiary/aromatic N) is 1. The van der Waals surface area contributed by atoms with Crippen LogP contribution in [-0.2, 0) is 16.6 Å². The van der Waals surface area contributed by atoms with E-state index in [0.29, 0.717) is 16.9 Å². The first kappa shape index (κ1) is 19.7. The van der Waals surface area contributed by atoms with E-state index in [1.807, 2.05) is 32.0 Å². The summed E-state index contributed by atoms with van der Waals surface area (Å²) in [7, 11) is -3.69. The zero-order valence-corrected chi connectivity index (χ0v) is 16.5. The first-order valence-electron chi connectivity index (χ1n) is 8.73. The van der Waals surface area contributed by atoms with Crippen molar-refractivity contribution in [1.82, 2.24) is 9.71 Å². The van der Waals surface area contributed by atoms with Gasteiger partial charge in [0.1, 0.15) is 0 Å². The standard InChI is InChI=1S/C21H21N3O3S/c1-15-6-9-18(13-16(15)2)24-21(25)17-7-10-20(11-8-17)28(26,27)23-14-19-5-3-4-12-22-19/h3-13,23H,14H2,1-2H3,(H,24,25). The van der Waals surface area contributed by atoms with Gasteiger partial charge in [-0.25, -0.2) is 13.1 Å². The Morgan fingerprint density at radius 2 is 1.71 bits per heavy atom. The van der Waals surface area contributed by atoms with Crippen molar-refractivity contribution in [3.8, 4) is 0 Å². The third-order valence-electron chi connectivity index (χ3n) is 4.36. The number of nitrogens with one attached hydrogen (secondary N) is 2. The number of sulfonamides is 1. The molecule has 6 nitrogen and oxygen atoms in total. The van der Waals surface area contributed by atoms with Gasteiger partial charge in [0.2, 0.25) is 10.0 Å². The van der Waals surface area contributed by atoms with Gasteiger partial charge in [-0.05, 0) is 73.5 Å². The highest BCUT2D eigenvalue weighted by Gasteiger charge is 2.15. The zero-order valence-electron chi connectivity index (χ0n) is 15.6. The fourth-order valence-electron chi connectivity index (χ4n) is 2.56. The van der Waals surface area contributed by atoms with E-state index in [9.17, 15) is 13.2 Å². The van der Waals surface area contributed by atoms with E-state index >= 15 is 0 Å². The third kappa shape index (κ3) is 4.82. The lowest BCUT2D eigenvalue weighted by molar-refractivity contribution is 0.102. The van der Waals surface area contributed by atoms with Gasteiger partial charge < -0.3 is 5.32 Å². The van der Waals surface area contributed by atoms with E-state index in [0.717, 1.165) is 11.1 Å². The van der Waals surface area contributed by atoms with Gasteiger partial charge >= 0.3 is 0 Å². The van der Waals surface area contributed by atoms with Crippen molar-refractivity contribution in [3.05, 3.63) is 89.2 Å². The van der Waals surface area contributed by atoms with Crippen molar-refractivity contribution < 1.29 is 13.2 Å². The van der Waals surface area contributed by atoms with Crippen LogP contribution >= 0.6 is 0 Å². The largest absolute Gasteiger partial charge is 0.322 e. The summed E-state index contributed by atoms with van der Waals surface area (Å²) >= 11 is 0. The van der Waals surface area contributed by atoms with Crippen molar-refractivity contribution in [1.29, 1.82) is 0 Å². The molecule has 2 N–H and O–H groups in total. The molecule has 0 spiro atoms. The quantitative estimate of drug-likeness (QED) is 0.669. The Balaban J connectivity index is 1.67. The topological polar surface area (TPSA) is 88.2 Å². The number of amides is 1. The Kier molecular flexibility index (Phi) is 5.87. The van der Waals surface area contributed by atoms with Crippen LogP contribution in [0.4, 0.5) is 5.69 Å². The summed E-state index contributed by atoms with van der Waals surface area (Å²) in [6, 6.07) is 16.8. The Labute approximate surface area is 164 Å². The number of pyridine rings is 1. The molecule has 1 heterocycles. The van der Waals surface area contributed by atoms with Crippen molar-refractivity contribution in [3.63, 3.8) is 0 Å². The Hall–Kier alpha value is -3.03. The number of hydrogen-bond donors (Lipinski definition) is 2. The molecule has 0 atom stereocenters. The average molecular weight is 395 g/mol. The zero-order chi connectivity index (χ0) is 20.1. The van der Waals surface area contributed by atoms with Crippen molar-refractivity contribution in [2.75, 3.05) is 5.32 Å². The molecule has 28 heavy (non-hydrogen) atoms. The Bertz CT molecular complexity index is 1080. The summed E-state index contributed by atoms with van der Waals surface area (Å²) in [6.07, 6.45) is 1.60. The van der Waals surface area contributed by atoms with Gasteiger partial charge in [0.15, 0.2) is 0 Å². The van der Waals surface area contributed by atoms with Crippen LogP contribution in [0.1, 0.15) is 27.2 Å². The van der Waals surface area contributed by atoms with Crippen LogP contribution < -0.4 is 10.0 Å². The maximum absolute atomic E-state index is 12.4. The Morgan fingerprint density at radius 3 is 2.36 bits per heavy atom. The highest BCUT2D eigenvalue weighted by molar-refractivity contribution is 7.89. The molecule has 0 fully saturated rings. The predicted molar refractivity (Wildman–Crippen MR) is 109 cm³/mol. The smallest absolute Gasteiger partial charge is 0.255 e. The summed E-state index contributed by atoms with van der Waals surface area (Å²) in [6.45, 7) is 4.07. The number of carbonyl (C=O) groups excluding carboxylic acids is 1. The maximum Gasteiger partial charge on any atom is 0.255 e. The summed E-state index contributed by atoms with van der Waals surface area (Å²) in [5.41, 5.74) is 3.92. The minimum absolute atomic E-state index is 0.0890. The molecule has 0 radical (unpaired) electrons. The number of carbonyl (C=O) groups is 1. The number of aromatic nitrogens is 1. The lowest BCUT2D eigenvalue weighted by atomic mass is 10.1. The van der Waals surface area contributed by atoms with Crippen molar-refractivity contribution >= 4 is 21.6 Å². The number of benzene rings is 2. The highest BCUT2D eigenvalue weighted by atomic mass is 32.2. The minimum atomic E-state index is -3.69. The molecule has 1 aromatic heterocycles. The molecule has 0 unspecified atom stereocenters. The van der Waals surface area contributed by atoms with Gasteiger partial charge in [0.05, 0.1) is 17.1 Å². The monoisotopic (exact) mass is 395 g/mol. The van der Waals surface area contributed by atoms with E-state index in [4.69, 9.17) is 0 Å². The molecule has 0 saturated carbocycles. The fraction of sp³-hybridized carbons (Fsp3) is 0.143. The number of hydrogen-bond acceptors (Lipinski definition) is 4. The first-order chi connectivity index (χ1) is 13.3. The molecule has 144 valence electrons. The summed E-state index contributed by atoms with van der Waals surface area (Å²) in [5.74, 6) is -0.298. The third-order valence-corrected chi connectivity index (χ3v) is 5.78. The summed E-state index contributed by atoms with van der Waals surface area (Å²) < 4.78 is 27.3. The normalized spacial score (nSPS) is 11.2. The van der Waals surface area contributed by atoms with E-state index in [-0.39, 0.29) is 17.3 Å². The highest BCUT2D eigenvalue weighted by Crippen LogP contribution is 2.16. The minimum Gasteiger partial charge on any atom is -0.322 e. The summed E-state index contributed by atoms with van der Waals surface area (Å²) in [4.78, 5) is 16.6. The molecule has 0 saturated heterocycles. The molecule has 2 aromatic carbocycles. The van der Waals surface area contributed by atoms with Gasteiger partial charge in [0.25, 0.3) is 5.91 Å². The van der Waals surface area contributed by atoms with Crippen LogP contribution in [0.2, 0.25) is 0 Å². The van der Waals surface area contributed by atoms with Gasteiger partial charge in [0, 0.05) is 17.4 Å².